The number of halogens is 3. The molecule has 0 heterocycles. The van der Waals surface area contributed by atoms with Gasteiger partial charge in [-0.1, -0.05) is 13.0 Å². The second kappa shape index (κ2) is 6.53. The van der Waals surface area contributed by atoms with E-state index in [1.807, 2.05) is 0 Å². The molecule has 112 valence electrons. The number of hydrogen-bond acceptors (Lipinski definition) is 5. The molecule has 0 unspecified atom stereocenters. The summed E-state index contributed by atoms with van der Waals surface area (Å²) in [5.74, 6) is 5.17. The third kappa shape index (κ3) is 4.67. The normalized spacial score (nSPS) is 11.7. The lowest BCUT2D eigenvalue weighted by Crippen LogP contribution is -2.33. The minimum Gasteiger partial charge on any atom is -0.318 e. The smallest absolute Gasteiger partial charge is 0.318 e. The summed E-state index contributed by atoms with van der Waals surface area (Å²) < 4.78 is 37.0. The highest BCUT2D eigenvalue weighted by molar-refractivity contribution is 5.62. The Hall–Kier alpha value is -1.87. The molecule has 0 saturated heterocycles. The van der Waals surface area contributed by atoms with E-state index >= 15 is 0 Å². The van der Waals surface area contributed by atoms with Gasteiger partial charge in [0.2, 0.25) is 0 Å². The van der Waals surface area contributed by atoms with E-state index in [9.17, 15) is 23.3 Å². The van der Waals surface area contributed by atoms with Crippen molar-refractivity contribution < 1.29 is 18.1 Å². The highest BCUT2D eigenvalue weighted by atomic mass is 19.4. The fourth-order valence-electron chi connectivity index (χ4n) is 1.75. The average molecular weight is 292 g/mol. The van der Waals surface area contributed by atoms with Gasteiger partial charge in [-0.2, -0.15) is 13.2 Å². The number of nitrogens with zero attached hydrogens (tertiary/aromatic N) is 2. The van der Waals surface area contributed by atoms with E-state index in [4.69, 9.17) is 5.84 Å². The van der Waals surface area contributed by atoms with Crippen LogP contribution in [-0.2, 0) is 6.54 Å². The van der Waals surface area contributed by atoms with Crippen molar-refractivity contribution in [2.45, 2.75) is 19.6 Å². The molecule has 3 N–H and O–H groups in total. The molecule has 9 heteroatoms. The number of hydrogen-bond donors (Lipinski definition) is 2. The van der Waals surface area contributed by atoms with Gasteiger partial charge in [0.05, 0.1) is 11.5 Å². The summed E-state index contributed by atoms with van der Waals surface area (Å²) in [5, 5.41) is 10.7. The maximum Gasteiger partial charge on any atom is 0.401 e. The Bertz CT molecular complexity index is 479. The lowest BCUT2D eigenvalue weighted by molar-refractivity contribution is -0.384. The summed E-state index contributed by atoms with van der Waals surface area (Å²) in [5.41, 5.74) is 2.52. The molecule has 1 aromatic rings. The second-order valence-corrected chi connectivity index (χ2v) is 4.17. The Morgan fingerprint density at radius 1 is 1.45 bits per heavy atom. The zero-order valence-corrected chi connectivity index (χ0v) is 10.8. The van der Waals surface area contributed by atoms with E-state index in [-0.39, 0.29) is 24.5 Å². The molecule has 1 rings (SSSR count). The van der Waals surface area contributed by atoms with Gasteiger partial charge < -0.3 is 5.43 Å². The van der Waals surface area contributed by atoms with Crippen molar-refractivity contribution in [1.29, 1.82) is 0 Å². The minimum atomic E-state index is -4.29. The van der Waals surface area contributed by atoms with E-state index in [2.05, 4.69) is 5.43 Å². The van der Waals surface area contributed by atoms with Crippen LogP contribution in [0.1, 0.15) is 12.5 Å². The Kier molecular flexibility index (Phi) is 5.28. The molecule has 0 spiro atoms. The molecule has 6 nitrogen and oxygen atoms in total. The van der Waals surface area contributed by atoms with E-state index < -0.39 is 17.6 Å². The zero-order valence-electron chi connectivity index (χ0n) is 10.8. The summed E-state index contributed by atoms with van der Waals surface area (Å²) in [4.78, 5) is 11.3. The lowest BCUT2D eigenvalue weighted by Gasteiger charge is -2.22. The van der Waals surface area contributed by atoms with Crippen molar-refractivity contribution in [3.05, 3.63) is 33.9 Å². The van der Waals surface area contributed by atoms with Gasteiger partial charge in [0.1, 0.15) is 5.69 Å². The van der Waals surface area contributed by atoms with Crippen LogP contribution in [0.3, 0.4) is 0 Å². The molecular formula is C11H15F3N4O2. The first-order chi connectivity index (χ1) is 9.26. The standard InChI is InChI=1S/C11H15F3N4O2/c1-2-17(7-11(12,13)14)6-8-3-4-10(18(19)20)9(5-8)16-15/h3-5,16H,2,6-7,15H2,1H3. The van der Waals surface area contributed by atoms with Crippen molar-refractivity contribution in [2.75, 3.05) is 18.5 Å². The molecule has 0 saturated carbocycles. The number of rotatable bonds is 6. The largest absolute Gasteiger partial charge is 0.401 e. The van der Waals surface area contributed by atoms with Crippen LogP contribution < -0.4 is 11.3 Å². The number of nitrogens with one attached hydrogen (secondary N) is 1. The van der Waals surface area contributed by atoms with Crippen LogP contribution in [0.5, 0.6) is 0 Å². The fourth-order valence-corrected chi connectivity index (χ4v) is 1.75. The van der Waals surface area contributed by atoms with Gasteiger partial charge >= 0.3 is 6.18 Å². The summed E-state index contributed by atoms with van der Waals surface area (Å²) in [7, 11) is 0. The first-order valence-electron chi connectivity index (χ1n) is 5.80. The van der Waals surface area contributed by atoms with E-state index in [0.717, 1.165) is 0 Å². The van der Waals surface area contributed by atoms with E-state index in [1.54, 1.807) is 6.92 Å². The van der Waals surface area contributed by atoms with Crippen molar-refractivity contribution in [1.82, 2.24) is 4.90 Å². The molecule has 0 fully saturated rings. The van der Waals surface area contributed by atoms with Crippen LogP contribution in [0.2, 0.25) is 0 Å². The molecule has 0 aromatic heterocycles. The van der Waals surface area contributed by atoms with Gasteiger partial charge in [0.15, 0.2) is 0 Å². The molecule has 0 aliphatic carbocycles. The van der Waals surface area contributed by atoms with Crippen LogP contribution >= 0.6 is 0 Å². The Balaban J connectivity index is 2.89. The van der Waals surface area contributed by atoms with E-state index in [1.165, 1.54) is 23.1 Å². The van der Waals surface area contributed by atoms with Crippen molar-refractivity contribution in [2.24, 2.45) is 5.84 Å². The van der Waals surface area contributed by atoms with Gasteiger partial charge in [0, 0.05) is 12.6 Å². The summed E-state index contributed by atoms with van der Waals surface area (Å²) in [6.45, 7) is 0.815. The highest BCUT2D eigenvalue weighted by Gasteiger charge is 2.30. The number of nitrogen functional groups attached to an aromatic ring is 1. The zero-order chi connectivity index (χ0) is 15.3. The maximum absolute atomic E-state index is 12.3. The highest BCUT2D eigenvalue weighted by Crippen LogP contribution is 2.25. The minimum absolute atomic E-state index is 0.0304. The SMILES string of the molecule is CCN(Cc1ccc([N+](=O)[O-])c(NN)c1)CC(F)(F)F. The number of anilines is 1. The topological polar surface area (TPSA) is 84.4 Å². The van der Waals surface area contributed by atoms with Crippen LogP contribution in [0, 0.1) is 10.1 Å². The van der Waals surface area contributed by atoms with Crippen LogP contribution in [-0.4, -0.2) is 29.1 Å². The van der Waals surface area contributed by atoms with Crippen LogP contribution in [0.4, 0.5) is 24.5 Å². The van der Waals surface area contributed by atoms with Crippen molar-refractivity contribution >= 4 is 11.4 Å². The number of nitro benzene ring substituents is 1. The molecule has 1 aromatic carbocycles. The van der Waals surface area contributed by atoms with Crippen molar-refractivity contribution in [3.8, 4) is 0 Å². The molecular weight excluding hydrogens is 277 g/mol. The number of nitro groups is 1. The third-order valence-electron chi connectivity index (χ3n) is 2.67. The van der Waals surface area contributed by atoms with E-state index in [0.29, 0.717) is 5.56 Å². The Labute approximate surface area is 113 Å². The summed E-state index contributed by atoms with van der Waals surface area (Å²) in [6, 6.07) is 4.00. The first-order valence-corrected chi connectivity index (χ1v) is 5.80. The van der Waals surface area contributed by atoms with Crippen molar-refractivity contribution in [3.63, 3.8) is 0 Å². The molecule has 0 aliphatic heterocycles. The molecule has 0 atom stereocenters. The van der Waals surface area contributed by atoms with Gasteiger partial charge in [-0.15, -0.1) is 0 Å². The molecule has 0 bridgehead atoms. The molecule has 0 radical (unpaired) electrons. The fraction of sp³-hybridized carbons (Fsp3) is 0.455. The summed E-state index contributed by atoms with van der Waals surface area (Å²) >= 11 is 0. The Morgan fingerprint density at radius 3 is 2.55 bits per heavy atom. The predicted molar refractivity (Wildman–Crippen MR) is 67.9 cm³/mol. The first kappa shape index (κ1) is 16.2. The molecule has 0 aliphatic rings. The number of alkyl halides is 3. The monoisotopic (exact) mass is 292 g/mol. The number of nitrogens with two attached hydrogens (primary N) is 1. The van der Waals surface area contributed by atoms with Gasteiger partial charge in [-0.3, -0.25) is 20.9 Å². The summed E-state index contributed by atoms with van der Waals surface area (Å²) in [6.07, 6.45) is -4.29. The molecule has 20 heavy (non-hydrogen) atoms. The quantitative estimate of drug-likeness (QED) is 0.477. The second-order valence-electron chi connectivity index (χ2n) is 4.17. The predicted octanol–water partition coefficient (Wildman–Crippen LogP) is 2.26. The van der Waals surface area contributed by atoms with Crippen LogP contribution in [0.25, 0.3) is 0 Å². The van der Waals surface area contributed by atoms with Gasteiger partial charge in [-0.25, -0.2) is 0 Å². The Morgan fingerprint density at radius 2 is 2.10 bits per heavy atom. The third-order valence-corrected chi connectivity index (χ3v) is 2.67. The maximum atomic E-state index is 12.3. The lowest BCUT2D eigenvalue weighted by atomic mass is 10.1. The van der Waals surface area contributed by atoms with Gasteiger partial charge in [0.25, 0.3) is 5.69 Å². The number of benzene rings is 1. The average Bonchev–Trinajstić information content (AvgIpc) is 2.35. The molecule has 0 amide bonds. The number of hydrazine groups is 1. The van der Waals surface area contributed by atoms with Crippen LogP contribution in [0.15, 0.2) is 18.2 Å². The van der Waals surface area contributed by atoms with Gasteiger partial charge in [-0.05, 0) is 18.2 Å².